The Hall–Kier alpha value is -1.97. The highest BCUT2D eigenvalue weighted by molar-refractivity contribution is 5.67. The van der Waals surface area contributed by atoms with Gasteiger partial charge in [0.05, 0.1) is 13.7 Å². The Bertz CT molecular complexity index is 638. The highest BCUT2D eigenvalue weighted by atomic mass is 16.5. The van der Waals surface area contributed by atoms with Crippen LogP contribution in [0.15, 0.2) is 29.8 Å². The Kier molecular flexibility index (Phi) is 5.12. The molecule has 0 radical (unpaired) electrons. The molecule has 1 saturated carbocycles. The standard InChI is InChI=1S/C20H27NO3/c1-3-24-19(22)21-13-12-20-11-5-4-6-16(20)9-7-15-8-10-17(23-2)14-18(15)20/h8-10,14H,3-7,11-13H2,1-2H3,(H,21,22). The zero-order valence-electron chi connectivity index (χ0n) is 14.7. The van der Waals surface area contributed by atoms with Crippen molar-refractivity contribution >= 4 is 6.09 Å². The number of hydrogen-bond donors (Lipinski definition) is 1. The summed E-state index contributed by atoms with van der Waals surface area (Å²) in [7, 11) is 1.72. The summed E-state index contributed by atoms with van der Waals surface area (Å²) in [6.07, 6.45) is 8.81. The van der Waals surface area contributed by atoms with E-state index in [4.69, 9.17) is 9.47 Å². The van der Waals surface area contributed by atoms with E-state index in [1.807, 2.05) is 13.0 Å². The van der Waals surface area contributed by atoms with Crippen LogP contribution in [-0.4, -0.2) is 26.4 Å². The fourth-order valence-electron chi connectivity index (χ4n) is 4.27. The van der Waals surface area contributed by atoms with Crippen LogP contribution in [0.4, 0.5) is 4.79 Å². The molecule has 2 aliphatic carbocycles. The maximum absolute atomic E-state index is 11.6. The molecule has 1 amide bonds. The number of carbonyl (C=O) groups excluding carboxylic acids is 1. The van der Waals surface area contributed by atoms with Crippen molar-refractivity contribution in [1.82, 2.24) is 5.32 Å². The average molecular weight is 329 g/mol. The number of carbonyl (C=O) groups is 1. The van der Waals surface area contributed by atoms with Crippen LogP contribution in [0, 0.1) is 0 Å². The predicted octanol–water partition coefficient (Wildman–Crippen LogP) is 4.13. The van der Waals surface area contributed by atoms with Crippen molar-refractivity contribution in [2.24, 2.45) is 0 Å². The van der Waals surface area contributed by atoms with E-state index in [0.29, 0.717) is 13.2 Å². The van der Waals surface area contributed by atoms with E-state index in [1.165, 1.54) is 24.0 Å². The molecule has 0 spiro atoms. The SMILES string of the molecule is CCOC(=O)NCCC12CCCCC1=CCc1ccc(OC)cc12. The minimum absolute atomic E-state index is 0.0415. The molecule has 1 aromatic carbocycles. The summed E-state index contributed by atoms with van der Waals surface area (Å²) in [6, 6.07) is 6.44. The highest BCUT2D eigenvalue weighted by Crippen LogP contribution is 2.50. The van der Waals surface area contributed by atoms with Crippen molar-refractivity contribution in [3.05, 3.63) is 41.0 Å². The van der Waals surface area contributed by atoms with Gasteiger partial charge in [-0.15, -0.1) is 0 Å². The Morgan fingerprint density at radius 2 is 2.21 bits per heavy atom. The number of nitrogens with one attached hydrogen (secondary N) is 1. The maximum Gasteiger partial charge on any atom is 0.407 e. The van der Waals surface area contributed by atoms with Gasteiger partial charge in [-0.1, -0.05) is 24.1 Å². The third kappa shape index (κ3) is 3.14. The second-order valence-corrected chi connectivity index (χ2v) is 6.64. The number of methoxy groups -OCH3 is 1. The molecular weight excluding hydrogens is 302 g/mol. The molecule has 1 unspecified atom stereocenters. The summed E-state index contributed by atoms with van der Waals surface area (Å²) in [5.41, 5.74) is 4.36. The van der Waals surface area contributed by atoms with Gasteiger partial charge in [-0.3, -0.25) is 0 Å². The van der Waals surface area contributed by atoms with Crippen LogP contribution in [0.2, 0.25) is 0 Å². The molecule has 24 heavy (non-hydrogen) atoms. The van der Waals surface area contributed by atoms with Gasteiger partial charge < -0.3 is 14.8 Å². The van der Waals surface area contributed by atoms with Gasteiger partial charge in [-0.2, -0.15) is 0 Å². The Balaban J connectivity index is 1.87. The second-order valence-electron chi connectivity index (χ2n) is 6.64. The number of hydrogen-bond acceptors (Lipinski definition) is 3. The largest absolute Gasteiger partial charge is 0.497 e. The second kappa shape index (κ2) is 7.29. The van der Waals surface area contributed by atoms with Crippen molar-refractivity contribution in [3.63, 3.8) is 0 Å². The molecule has 3 rings (SSSR count). The van der Waals surface area contributed by atoms with E-state index >= 15 is 0 Å². The smallest absolute Gasteiger partial charge is 0.407 e. The number of allylic oxidation sites excluding steroid dienone is 2. The van der Waals surface area contributed by atoms with Crippen molar-refractivity contribution in [2.75, 3.05) is 20.3 Å². The van der Waals surface area contributed by atoms with E-state index in [9.17, 15) is 4.79 Å². The summed E-state index contributed by atoms with van der Waals surface area (Å²) in [5, 5.41) is 2.90. The molecule has 4 heteroatoms. The minimum atomic E-state index is -0.322. The molecule has 2 aliphatic rings. The van der Waals surface area contributed by atoms with E-state index in [1.54, 1.807) is 12.7 Å². The lowest BCUT2D eigenvalue weighted by Crippen LogP contribution is -2.39. The average Bonchev–Trinajstić information content (AvgIpc) is 2.61. The molecule has 0 aromatic heterocycles. The summed E-state index contributed by atoms with van der Waals surface area (Å²) in [4.78, 5) is 11.6. The molecule has 1 aromatic rings. The topological polar surface area (TPSA) is 47.6 Å². The lowest BCUT2D eigenvalue weighted by atomic mass is 9.60. The number of ether oxygens (including phenoxy) is 2. The molecule has 0 bridgehead atoms. The van der Waals surface area contributed by atoms with Crippen molar-refractivity contribution in [1.29, 1.82) is 0 Å². The summed E-state index contributed by atoms with van der Waals surface area (Å²) in [5.74, 6) is 0.915. The van der Waals surface area contributed by atoms with Gasteiger partial charge in [-0.25, -0.2) is 4.79 Å². The summed E-state index contributed by atoms with van der Waals surface area (Å²) >= 11 is 0. The Labute approximate surface area is 144 Å². The Morgan fingerprint density at radius 1 is 1.33 bits per heavy atom. The van der Waals surface area contributed by atoms with Gasteiger partial charge >= 0.3 is 6.09 Å². The van der Waals surface area contributed by atoms with Crippen LogP contribution >= 0.6 is 0 Å². The van der Waals surface area contributed by atoms with Crippen molar-refractivity contribution in [3.8, 4) is 5.75 Å². The first kappa shape index (κ1) is 16.9. The first-order valence-corrected chi connectivity index (χ1v) is 8.97. The van der Waals surface area contributed by atoms with E-state index in [0.717, 1.165) is 31.4 Å². The van der Waals surface area contributed by atoms with Crippen LogP contribution in [0.1, 0.15) is 50.2 Å². The van der Waals surface area contributed by atoms with Crippen LogP contribution in [0.3, 0.4) is 0 Å². The zero-order chi connectivity index (χ0) is 17.0. The van der Waals surface area contributed by atoms with Crippen LogP contribution in [-0.2, 0) is 16.6 Å². The highest BCUT2D eigenvalue weighted by Gasteiger charge is 2.41. The van der Waals surface area contributed by atoms with Crippen molar-refractivity contribution in [2.45, 2.75) is 50.9 Å². The van der Waals surface area contributed by atoms with Gasteiger partial charge in [-0.05, 0) is 62.3 Å². The summed E-state index contributed by atoms with van der Waals surface area (Å²) < 4.78 is 10.5. The first-order valence-electron chi connectivity index (χ1n) is 8.97. The number of rotatable bonds is 5. The number of alkyl carbamates (subject to hydrolysis) is 1. The normalized spacial score (nSPS) is 22.0. The third-order valence-electron chi connectivity index (χ3n) is 5.41. The number of fused-ring (bicyclic) bond motifs is 3. The van der Waals surface area contributed by atoms with Gasteiger partial charge in [0.1, 0.15) is 5.75 Å². The molecular formula is C20H27NO3. The van der Waals surface area contributed by atoms with Crippen LogP contribution in [0.25, 0.3) is 0 Å². The molecule has 0 saturated heterocycles. The molecule has 4 nitrogen and oxygen atoms in total. The van der Waals surface area contributed by atoms with Gasteiger partial charge in [0, 0.05) is 12.0 Å². The van der Waals surface area contributed by atoms with Gasteiger partial charge in [0.2, 0.25) is 0 Å². The van der Waals surface area contributed by atoms with Crippen LogP contribution in [0.5, 0.6) is 5.75 Å². The molecule has 1 N–H and O–H groups in total. The lowest BCUT2D eigenvalue weighted by Gasteiger charge is -2.44. The third-order valence-corrected chi connectivity index (χ3v) is 5.41. The maximum atomic E-state index is 11.6. The number of amides is 1. The predicted molar refractivity (Wildman–Crippen MR) is 94.6 cm³/mol. The van der Waals surface area contributed by atoms with Gasteiger partial charge in [0.25, 0.3) is 0 Å². The lowest BCUT2D eigenvalue weighted by molar-refractivity contribution is 0.151. The minimum Gasteiger partial charge on any atom is -0.497 e. The summed E-state index contributed by atoms with van der Waals surface area (Å²) in [6.45, 7) is 2.86. The monoisotopic (exact) mass is 329 g/mol. The zero-order valence-corrected chi connectivity index (χ0v) is 14.7. The fraction of sp³-hybridized carbons (Fsp3) is 0.550. The molecule has 0 aliphatic heterocycles. The quantitative estimate of drug-likeness (QED) is 0.827. The van der Waals surface area contributed by atoms with Gasteiger partial charge in [0.15, 0.2) is 0 Å². The Morgan fingerprint density at radius 3 is 3.00 bits per heavy atom. The first-order chi connectivity index (χ1) is 11.7. The van der Waals surface area contributed by atoms with E-state index in [-0.39, 0.29) is 11.5 Å². The molecule has 0 heterocycles. The van der Waals surface area contributed by atoms with Crippen LogP contribution < -0.4 is 10.1 Å². The van der Waals surface area contributed by atoms with Crippen molar-refractivity contribution < 1.29 is 14.3 Å². The molecule has 130 valence electrons. The molecule has 1 fully saturated rings. The van der Waals surface area contributed by atoms with E-state index in [2.05, 4.69) is 23.5 Å². The fourth-order valence-corrected chi connectivity index (χ4v) is 4.27. The molecule has 1 atom stereocenters. The van der Waals surface area contributed by atoms with E-state index < -0.39 is 0 Å². The number of benzene rings is 1.